The number of methoxy groups -OCH3 is 1. The predicted molar refractivity (Wildman–Crippen MR) is 51.9 cm³/mol. The van der Waals surface area contributed by atoms with Crippen molar-refractivity contribution in [1.82, 2.24) is 15.0 Å². The molecule has 1 aromatic rings. The Labute approximate surface area is 83.7 Å². The van der Waals surface area contributed by atoms with Crippen LogP contribution in [0.1, 0.15) is 30.8 Å². The van der Waals surface area contributed by atoms with E-state index in [9.17, 15) is 0 Å². The Morgan fingerprint density at radius 2 is 2.29 bits per heavy atom. The number of nitrogens with zero attached hydrogens (tertiary/aromatic N) is 3. The summed E-state index contributed by atoms with van der Waals surface area (Å²) in [5.41, 5.74) is 1.57. The largest absolute Gasteiger partial charge is 0.390 e. The molecule has 0 aliphatic heterocycles. The third kappa shape index (κ3) is 2.30. The van der Waals surface area contributed by atoms with E-state index in [1.54, 1.807) is 7.11 Å². The fourth-order valence-corrected chi connectivity index (χ4v) is 1.35. The summed E-state index contributed by atoms with van der Waals surface area (Å²) in [6.07, 6.45) is 0.894. The lowest BCUT2D eigenvalue weighted by Crippen LogP contribution is -2.11. The van der Waals surface area contributed by atoms with Gasteiger partial charge in [0.1, 0.15) is 5.69 Å². The lowest BCUT2D eigenvalue weighted by atomic mass is 10.2. The molecule has 0 aliphatic rings. The molecule has 1 N–H and O–H groups in total. The second-order valence-corrected chi connectivity index (χ2v) is 3.35. The zero-order valence-corrected chi connectivity index (χ0v) is 8.90. The zero-order chi connectivity index (χ0) is 10.6. The molecule has 0 saturated heterocycles. The van der Waals surface area contributed by atoms with Crippen molar-refractivity contribution >= 4 is 0 Å². The molecule has 0 amide bonds. The van der Waals surface area contributed by atoms with Gasteiger partial charge in [0.05, 0.1) is 18.3 Å². The summed E-state index contributed by atoms with van der Waals surface area (Å²) in [5.74, 6) is 0. The first kappa shape index (κ1) is 11.1. The molecular formula is C9H17N3O2. The Bertz CT molecular complexity index is 286. The fraction of sp³-hybridized carbons (Fsp3) is 0.778. The number of hydrogen-bond donors (Lipinski definition) is 1. The highest BCUT2D eigenvalue weighted by Crippen LogP contribution is 2.13. The molecule has 0 radical (unpaired) electrons. The molecule has 0 fully saturated rings. The minimum atomic E-state index is -0.0527. The number of aliphatic hydroxyl groups is 1. The average Bonchev–Trinajstić information content (AvgIpc) is 2.56. The maximum absolute atomic E-state index is 8.95. The Balaban J connectivity index is 2.69. The average molecular weight is 199 g/mol. The molecule has 1 rings (SSSR count). The molecule has 80 valence electrons. The van der Waals surface area contributed by atoms with Gasteiger partial charge >= 0.3 is 0 Å². The van der Waals surface area contributed by atoms with Gasteiger partial charge in [0, 0.05) is 13.7 Å². The van der Waals surface area contributed by atoms with E-state index in [2.05, 4.69) is 17.2 Å². The monoisotopic (exact) mass is 199 g/mol. The van der Waals surface area contributed by atoms with E-state index in [1.165, 1.54) is 0 Å². The van der Waals surface area contributed by atoms with Crippen LogP contribution in [0.15, 0.2) is 0 Å². The topological polar surface area (TPSA) is 60.2 Å². The first-order valence-electron chi connectivity index (χ1n) is 4.71. The minimum absolute atomic E-state index is 0.0527. The molecule has 5 nitrogen and oxygen atoms in total. The third-order valence-electron chi connectivity index (χ3n) is 2.33. The van der Waals surface area contributed by atoms with Crippen molar-refractivity contribution in [2.24, 2.45) is 0 Å². The number of aromatic nitrogens is 3. The van der Waals surface area contributed by atoms with Gasteiger partial charge in [0.15, 0.2) is 0 Å². The first-order chi connectivity index (χ1) is 6.70. The Kier molecular flexibility index (Phi) is 4.03. The van der Waals surface area contributed by atoms with E-state index in [1.807, 2.05) is 11.6 Å². The summed E-state index contributed by atoms with van der Waals surface area (Å²) >= 11 is 0. The number of aliphatic hydroxyl groups excluding tert-OH is 1. The van der Waals surface area contributed by atoms with Crippen molar-refractivity contribution in [3.63, 3.8) is 0 Å². The zero-order valence-electron chi connectivity index (χ0n) is 8.90. The van der Waals surface area contributed by atoms with Crippen LogP contribution < -0.4 is 0 Å². The summed E-state index contributed by atoms with van der Waals surface area (Å²) in [7, 11) is 1.68. The lowest BCUT2D eigenvalue weighted by Gasteiger charge is -2.12. The highest BCUT2D eigenvalue weighted by Gasteiger charge is 2.12. The second-order valence-electron chi connectivity index (χ2n) is 3.35. The maximum Gasteiger partial charge on any atom is 0.111 e. The maximum atomic E-state index is 8.95. The predicted octanol–water partition coefficient (Wildman–Crippen LogP) is 0.676. The van der Waals surface area contributed by atoms with Crippen molar-refractivity contribution in [1.29, 1.82) is 0 Å². The van der Waals surface area contributed by atoms with Crippen LogP contribution in [0, 0.1) is 6.92 Å². The van der Waals surface area contributed by atoms with E-state index >= 15 is 0 Å². The molecule has 1 heterocycles. The van der Waals surface area contributed by atoms with Crippen LogP contribution in [0.5, 0.6) is 0 Å². The summed E-state index contributed by atoms with van der Waals surface area (Å²) < 4.78 is 6.82. The molecule has 0 aliphatic carbocycles. The van der Waals surface area contributed by atoms with E-state index in [0.717, 1.165) is 12.1 Å². The van der Waals surface area contributed by atoms with Crippen LogP contribution in [0.4, 0.5) is 0 Å². The quantitative estimate of drug-likeness (QED) is 0.757. The highest BCUT2D eigenvalue weighted by molar-refractivity contribution is 5.06. The Hall–Kier alpha value is -0.940. The molecule has 0 saturated carbocycles. The Morgan fingerprint density at radius 3 is 2.79 bits per heavy atom. The van der Waals surface area contributed by atoms with Gasteiger partial charge in [0.2, 0.25) is 0 Å². The lowest BCUT2D eigenvalue weighted by molar-refractivity contribution is 0.178. The van der Waals surface area contributed by atoms with Crippen LogP contribution in [-0.2, 0) is 11.3 Å². The third-order valence-corrected chi connectivity index (χ3v) is 2.33. The molecule has 5 heteroatoms. The van der Waals surface area contributed by atoms with E-state index in [-0.39, 0.29) is 12.6 Å². The van der Waals surface area contributed by atoms with Crippen LogP contribution in [0.25, 0.3) is 0 Å². The molecule has 1 aromatic heterocycles. The van der Waals surface area contributed by atoms with Gasteiger partial charge in [-0.2, -0.15) is 0 Å². The molecule has 0 aromatic carbocycles. The van der Waals surface area contributed by atoms with Crippen LogP contribution in [-0.4, -0.2) is 33.8 Å². The number of ether oxygens (including phenoxy) is 1. The minimum Gasteiger partial charge on any atom is -0.390 e. The first-order valence-corrected chi connectivity index (χ1v) is 4.71. The van der Waals surface area contributed by atoms with Crippen LogP contribution in [0.3, 0.4) is 0 Å². The number of hydrogen-bond acceptors (Lipinski definition) is 4. The Morgan fingerprint density at radius 1 is 1.57 bits per heavy atom. The van der Waals surface area contributed by atoms with Crippen molar-refractivity contribution < 1.29 is 9.84 Å². The molecular weight excluding hydrogens is 182 g/mol. The van der Waals surface area contributed by atoms with Gasteiger partial charge in [-0.15, -0.1) is 5.10 Å². The second kappa shape index (κ2) is 5.07. The molecule has 1 atom stereocenters. The van der Waals surface area contributed by atoms with E-state index in [0.29, 0.717) is 12.3 Å². The van der Waals surface area contributed by atoms with Crippen LogP contribution >= 0.6 is 0 Å². The van der Waals surface area contributed by atoms with Crippen molar-refractivity contribution in [2.45, 2.75) is 32.9 Å². The van der Waals surface area contributed by atoms with Gasteiger partial charge < -0.3 is 9.84 Å². The van der Waals surface area contributed by atoms with Gasteiger partial charge in [0.25, 0.3) is 0 Å². The SMILES string of the molecule is COCCC(C)n1nnc(CO)c1C. The number of rotatable bonds is 5. The molecule has 14 heavy (non-hydrogen) atoms. The summed E-state index contributed by atoms with van der Waals surface area (Å²) in [4.78, 5) is 0. The summed E-state index contributed by atoms with van der Waals surface area (Å²) in [6.45, 7) is 4.62. The van der Waals surface area contributed by atoms with Gasteiger partial charge in [-0.3, -0.25) is 0 Å². The summed E-state index contributed by atoms with van der Waals surface area (Å²) in [5, 5.41) is 16.8. The standard InChI is InChI=1S/C9H17N3O2/c1-7(4-5-14-3)12-8(2)9(6-13)10-11-12/h7,13H,4-6H2,1-3H3. The van der Waals surface area contributed by atoms with E-state index in [4.69, 9.17) is 9.84 Å². The smallest absolute Gasteiger partial charge is 0.111 e. The highest BCUT2D eigenvalue weighted by atomic mass is 16.5. The van der Waals surface area contributed by atoms with Crippen LogP contribution in [0.2, 0.25) is 0 Å². The van der Waals surface area contributed by atoms with Crippen molar-refractivity contribution in [2.75, 3.05) is 13.7 Å². The molecule has 0 bridgehead atoms. The normalized spacial score (nSPS) is 13.1. The summed E-state index contributed by atoms with van der Waals surface area (Å²) in [6, 6.07) is 0.253. The van der Waals surface area contributed by atoms with Crippen molar-refractivity contribution in [3.8, 4) is 0 Å². The molecule has 1 unspecified atom stereocenters. The van der Waals surface area contributed by atoms with Gasteiger partial charge in [-0.25, -0.2) is 4.68 Å². The van der Waals surface area contributed by atoms with E-state index < -0.39 is 0 Å². The van der Waals surface area contributed by atoms with Crippen molar-refractivity contribution in [3.05, 3.63) is 11.4 Å². The molecule has 0 spiro atoms. The van der Waals surface area contributed by atoms with Gasteiger partial charge in [-0.05, 0) is 20.3 Å². The van der Waals surface area contributed by atoms with Gasteiger partial charge in [-0.1, -0.05) is 5.21 Å². The fourth-order valence-electron chi connectivity index (χ4n) is 1.35.